The van der Waals surface area contributed by atoms with Crippen molar-refractivity contribution in [3.63, 3.8) is 0 Å². The van der Waals surface area contributed by atoms with E-state index >= 15 is 0 Å². The minimum Gasteiger partial charge on any atom is -0.323 e. The molecule has 0 bridgehead atoms. The first kappa shape index (κ1) is 16.1. The molecule has 1 fully saturated rings. The van der Waals surface area contributed by atoms with Crippen molar-refractivity contribution in [1.29, 1.82) is 0 Å². The summed E-state index contributed by atoms with van der Waals surface area (Å²) in [6, 6.07) is 5.07. The molecule has 0 spiro atoms. The number of sulfone groups is 1. The van der Waals surface area contributed by atoms with Gasteiger partial charge in [-0.2, -0.15) is 0 Å². The highest BCUT2D eigenvalue weighted by Crippen LogP contribution is 2.25. The predicted molar refractivity (Wildman–Crippen MR) is 85.8 cm³/mol. The molecule has 0 aliphatic carbocycles. The summed E-state index contributed by atoms with van der Waals surface area (Å²) in [5, 5.41) is 0. The third-order valence-electron chi connectivity index (χ3n) is 3.59. The van der Waals surface area contributed by atoms with Crippen LogP contribution in [0.25, 0.3) is 0 Å². The standard InChI is InChI=1S/C15H16BrNO3S/c1-3-8-17(12-7-9-21(19,20)10-12)15(18)13-6-4-5-11(2)14(13)16/h1,4-6,12H,7-10H2,2H3. The molecule has 1 aliphatic heterocycles. The molecule has 1 aromatic rings. The summed E-state index contributed by atoms with van der Waals surface area (Å²) < 4.78 is 24.0. The lowest BCUT2D eigenvalue weighted by Crippen LogP contribution is -2.41. The molecule has 1 atom stereocenters. The van der Waals surface area contributed by atoms with Crippen LogP contribution < -0.4 is 0 Å². The summed E-state index contributed by atoms with van der Waals surface area (Å²) in [6.45, 7) is 2.01. The van der Waals surface area contributed by atoms with E-state index in [-0.39, 0.29) is 30.0 Å². The van der Waals surface area contributed by atoms with E-state index < -0.39 is 9.84 Å². The second kappa shape index (κ2) is 6.20. The first-order valence-electron chi connectivity index (χ1n) is 6.55. The lowest BCUT2D eigenvalue weighted by Gasteiger charge is -2.27. The Labute approximate surface area is 133 Å². The number of rotatable bonds is 3. The van der Waals surface area contributed by atoms with Gasteiger partial charge in [0.2, 0.25) is 0 Å². The van der Waals surface area contributed by atoms with E-state index in [1.54, 1.807) is 12.1 Å². The lowest BCUT2D eigenvalue weighted by molar-refractivity contribution is 0.0723. The molecule has 0 radical (unpaired) electrons. The van der Waals surface area contributed by atoms with Crippen LogP contribution in [-0.4, -0.2) is 43.3 Å². The van der Waals surface area contributed by atoms with Crippen LogP contribution in [0.3, 0.4) is 0 Å². The van der Waals surface area contributed by atoms with Gasteiger partial charge >= 0.3 is 0 Å². The second-order valence-corrected chi connectivity index (χ2v) is 8.15. The van der Waals surface area contributed by atoms with Gasteiger partial charge in [0.05, 0.1) is 23.6 Å². The topological polar surface area (TPSA) is 54.5 Å². The molecule has 2 rings (SSSR count). The Morgan fingerprint density at radius 2 is 2.24 bits per heavy atom. The summed E-state index contributed by atoms with van der Waals surface area (Å²) in [4.78, 5) is 14.2. The molecule has 0 N–H and O–H groups in total. The van der Waals surface area contributed by atoms with Gasteiger partial charge in [0, 0.05) is 10.5 Å². The number of carbonyl (C=O) groups excluding carboxylic acids is 1. The summed E-state index contributed by atoms with van der Waals surface area (Å²) in [5.41, 5.74) is 1.45. The van der Waals surface area contributed by atoms with Crippen molar-refractivity contribution in [3.05, 3.63) is 33.8 Å². The van der Waals surface area contributed by atoms with Crippen molar-refractivity contribution >= 4 is 31.7 Å². The number of aryl methyl sites for hydroxylation is 1. The minimum atomic E-state index is -3.07. The number of halogens is 1. The van der Waals surface area contributed by atoms with E-state index in [2.05, 4.69) is 21.9 Å². The van der Waals surface area contributed by atoms with E-state index in [1.807, 2.05) is 13.0 Å². The smallest absolute Gasteiger partial charge is 0.256 e. The fourth-order valence-electron chi connectivity index (χ4n) is 2.45. The number of hydrogen-bond acceptors (Lipinski definition) is 3. The zero-order valence-corrected chi connectivity index (χ0v) is 14.1. The van der Waals surface area contributed by atoms with Crippen LogP contribution in [0.5, 0.6) is 0 Å². The van der Waals surface area contributed by atoms with Gasteiger partial charge in [-0.3, -0.25) is 4.79 Å². The number of benzene rings is 1. The summed E-state index contributed by atoms with van der Waals surface area (Å²) in [5.74, 6) is 2.32. The quantitative estimate of drug-likeness (QED) is 0.765. The van der Waals surface area contributed by atoms with E-state index in [1.165, 1.54) is 4.90 Å². The van der Waals surface area contributed by atoms with Crippen LogP contribution in [-0.2, 0) is 9.84 Å². The molecular formula is C15H16BrNO3S. The molecule has 0 saturated carbocycles. The van der Waals surface area contributed by atoms with Crippen molar-refractivity contribution in [2.24, 2.45) is 0 Å². The molecule has 112 valence electrons. The summed E-state index contributed by atoms with van der Waals surface area (Å²) in [7, 11) is -3.07. The number of nitrogens with zero attached hydrogens (tertiary/aromatic N) is 1. The molecule has 1 saturated heterocycles. The average Bonchev–Trinajstić information content (AvgIpc) is 2.78. The maximum atomic E-state index is 12.7. The van der Waals surface area contributed by atoms with Crippen molar-refractivity contribution < 1.29 is 13.2 Å². The molecule has 1 unspecified atom stereocenters. The summed E-state index contributed by atoms with van der Waals surface area (Å²) >= 11 is 3.41. The van der Waals surface area contributed by atoms with Crippen molar-refractivity contribution in [2.75, 3.05) is 18.1 Å². The predicted octanol–water partition coefficient (Wildman–Crippen LogP) is 2.02. The average molecular weight is 370 g/mol. The van der Waals surface area contributed by atoms with Crippen LogP contribution in [0.15, 0.2) is 22.7 Å². The Morgan fingerprint density at radius 3 is 2.81 bits per heavy atom. The monoisotopic (exact) mass is 369 g/mol. The van der Waals surface area contributed by atoms with E-state index in [0.717, 1.165) is 10.0 Å². The van der Waals surface area contributed by atoms with Gasteiger partial charge in [-0.15, -0.1) is 6.42 Å². The van der Waals surface area contributed by atoms with Crippen molar-refractivity contribution in [3.8, 4) is 12.3 Å². The molecule has 6 heteroatoms. The molecule has 1 amide bonds. The number of hydrogen-bond donors (Lipinski definition) is 0. The van der Waals surface area contributed by atoms with Gasteiger partial charge in [0.25, 0.3) is 5.91 Å². The third kappa shape index (κ3) is 3.47. The molecular weight excluding hydrogens is 354 g/mol. The Bertz CT molecular complexity index is 706. The zero-order chi connectivity index (χ0) is 15.6. The zero-order valence-electron chi connectivity index (χ0n) is 11.7. The highest BCUT2D eigenvalue weighted by atomic mass is 79.9. The molecule has 1 aliphatic rings. The van der Waals surface area contributed by atoms with Crippen molar-refractivity contribution in [2.45, 2.75) is 19.4 Å². The Kier molecular flexibility index (Phi) is 4.74. The fourth-order valence-corrected chi connectivity index (χ4v) is 4.62. The van der Waals surface area contributed by atoms with Crippen LogP contribution in [0.1, 0.15) is 22.3 Å². The largest absolute Gasteiger partial charge is 0.323 e. The Balaban J connectivity index is 2.33. The molecule has 4 nitrogen and oxygen atoms in total. The van der Waals surface area contributed by atoms with Gasteiger partial charge in [0.15, 0.2) is 9.84 Å². The molecule has 21 heavy (non-hydrogen) atoms. The molecule has 1 aromatic carbocycles. The van der Waals surface area contributed by atoms with Crippen LogP contribution in [0.4, 0.5) is 0 Å². The highest BCUT2D eigenvalue weighted by molar-refractivity contribution is 9.10. The highest BCUT2D eigenvalue weighted by Gasteiger charge is 2.35. The second-order valence-electron chi connectivity index (χ2n) is 5.13. The van der Waals surface area contributed by atoms with Crippen LogP contribution in [0.2, 0.25) is 0 Å². The third-order valence-corrected chi connectivity index (χ3v) is 6.40. The van der Waals surface area contributed by atoms with Gasteiger partial charge in [-0.05, 0) is 40.9 Å². The first-order valence-corrected chi connectivity index (χ1v) is 9.17. The maximum absolute atomic E-state index is 12.7. The Hall–Kier alpha value is -1.32. The lowest BCUT2D eigenvalue weighted by atomic mass is 10.1. The maximum Gasteiger partial charge on any atom is 0.256 e. The SMILES string of the molecule is C#CCN(C(=O)c1cccc(C)c1Br)C1CCS(=O)(=O)C1. The van der Waals surface area contributed by atoms with Gasteiger partial charge in [0.1, 0.15) is 0 Å². The van der Waals surface area contributed by atoms with Crippen LogP contribution >= 0.6 is 15.9 Å². The number of carbonyl (C=O) groups is 1. The van der Waals surface area contributed by atoms with E-state index in [0.29, 0.717) is 12.0 Å². The van der Waals surface area contributed by atoms with E-state index in [9.17, 15) is 13.2 Å². The number of terminal acetylenes is 1. The minimum absolute atomic E-state index is 0.0101. The summed E-state index contributed by atoms with van der Waals surface area (Å²) in [6.07, 6.45) is 5.79. The van der Waals surface area contributed by atoms with Crippen LogP contribution in [0, 0.1) is 19.3 Å². The Morgan fingerprint density at radius 1 is 1.52 bits per heavy atom. The molecule has 0 aromatic heterocycles. The normalized spacial score (nSPS) is 20.0. The van der Waals surface area contributed by atoms with Gasteiger partial charge in [-0.1, -0.05) is 18.1 Å². The van der Waals surface area contributed by atoms with E-state index in [4.69, 9.17) is 6.42 Å². The van der Waals surface area contributed by atoms with Crippen molar-refractivity contribution in [1.82, 2.24) is 4.90 Å². The first-order chi connectivity index (χ1) is 9.85. The fraction of sp³-hybridized carbons (Fsp3) is 0.400. The van der Waals surface area contributed by atoms with Gasteiger partial charge < -0.3 is 4.90 Å². The number of amides is 1. The van der Waals surface area contributed by atoms with Gasteiger partial charge in [-0.25, -0.2) is 8.42 Å². The molecule has 1 heterocycles.